The Balaban J connectivity index is 2.05. The molecule has 4 heteroatoms. The van der Waals surface area contributed by atoms with E-state index in [0.29, 0.717) is 5.91 Å². The van der Waals surface area contributed by atoms with E-state index in [9.17, 15) is 4.79 Å². The Morgan fingerprint density at radius 1 is 1.47 bits per heavy atom. The second-order valence-corrected chi connectivity index (χ2v) is 7.10. The fourth-order valence-corrected chi connectivity index (χ4v) is 4.19. The molecule has 98 valence electrons. The molecule has 3 nitrogen and oxygen atoms in total. The largest absolute Gasteiger partial charge is 0.324 e. The molecule has 1 N–H and O–H groups in total. The predicted molar refractivity (Wildman–Crippen MR) is 73.1 cm³/mol. The molecule has 2 saturated heterocycles. The van der Waals surface area contributed by atoms with Crippen LogP contribution < -0.4 is 5.32 Å². The number of thioether (sulfide) groups is 1. The minimum atomic E-state index is 0.0509. The van der Waals surface area contributed by atoms with Crippen molar-refractivity contribution in [2.24, 2.45) is 0 Å². The van der Waals surface area contributed by atoms with Crippen molar-refractivity contribution < 1.29 is 4.79 Å². The predicted octanol–water partition coefficient (Wildman–Crippen LogP) is 2.22. The van der Waals surface area contributed by atoms with Crippen molar-refractivity contribution >= 4 is 17.7 Å². The van der Waals surface area contributed by atoms with Crippen molar-refractivity contribution in [1.29, 1.82) is 0 Å². The van der Waals surface area contributed by atoms with Gasteiger partial charge in [-0.1, -0.05) is 13.8 Å². The lowest BCUT2D eigenvalue weighted by molar-refractivity contribution is -0.130. The van der Waals surface area contributed by atoms with Gasteiger partial charge >= 0.3 is 0 Å². The summed E-state index contributed by atoms with van der Waals surface area (Å²) in [7, 11) is 0. The lowest BCUT2D eigenvalue weighted by Crippen LogP contribution is -2.44. The molecule has 17 heavy (non-hydrogen) atoms. The number of amides is 1. The van der Waals surface area contributed by atoms with Crippen LogP contribution in [0.2, 0.25) is 0 Å². The van der Waals surface area contributed by atoms with Crippen LogP contribution in [0.1, 0.15) is 46.5 Å². The molecule has 0 aliphatic carbocycles. The molecule has 0 spiro atoms. The number of nitrogens with zero attached hydrogens (tertiary/aromatic N) is 1. The highest BCUT2D eigenvalue weighted by Gasteiger charge is 2.41. The average molecular weight is 256 g/mol. The number of rotatable bonds is 4. The Bertz CT molecular complexity index is 289. The molecule has 0 saturated carbocycles. The van der Waals surface area contributed by atoms with Gasteiger partial charge < -0.3 is 4.90 Å². The summed E-state index contributed by atoms with van der Waals surface area (Å²) in [6.07, 6.45) is 4.70. The SMILES string of the molecule is CCC1NC(CC)N(CC2(C)CCCS2)C1=O. The second kappa shape index (κ2) is 5.19. The summed E-state index contributed by atoms with van der Waals surface area (Å²) in [6.45, 7) is 7.46. The molecule has 0 radical (unpaired) electrons. The van der Waals surface area contributed by atoms with Gasteiger partial charge in [-0.05, 0) is 38.4 Å². The molecular formula is C13H24N2OS. The molecule has 2 aliphatic rings. The smallest absolute Gasteiger partial charge is 0.241 e. The number of hydrogen-bond acceptors (Lipinski definition) is 3. The molecular weight excluding hydrogens is 232 g/mol. The monoisotopic (exact) mass is 256 g/mol. The maximum Gasteiger partial charge on any atom is 0.241 e. The van der Waals surface area contributed by atoms with Crippen LogP contribution in [0, 0.1) is 0 Å². The Kier molecular flexibility index (Phi) is 4.03. The zero-order valence-electron chi connectivity index (χ0n) is 11.2. The summed E-state index contributed by atoms with van der Waals surface area (Å²) in [5.74, 6) is 1.56. The Hall–Kier alpha value is -0.220. The van der Waals surface area contributed by atoms with E-state index in [1.807, 2.05) is 11.8 Å². The maximum absolute atomic E-state index is 12.3. The zero-order valence-corrected chi connectivity index (χ0v) is 12.0. The topological polar surface area (TPSA) is 32.3 Å². The van der Waals surface area contributed by atoms with Crippen molar-refractivity contribution in [2.75, 3.05) is 12.3 Å². The molecule has 0 bridgehead atoms. The van der Waals surface area contributed by atoms with E-state index in [1.165, 1.54) is 18.6 Å². The summed E-state index contributed by atoms with van der Waals surface area (Å²) in [6, 6.07) is 0.0509. The third-order valence-electron chi connectivity index (χ3n) is 3.95. The van der Waals surface area contributed by atoms with Gasteiger partial charge in [-0.15, -0.1) is 0 Å². The van der Waals surface area contributed by atoms with Gasteiger partial charge in [0.15, 0.2) is 0 Å². The minimum Gasteiger partial charge on any atom is -0.324 e. The van der Waals surface area contributed by atoms with E-state index in [-0.39, 0.29) is 17.0 Å². The van der Waals surface area contributed by atoms with Crippen molar-refractivity contribution in [3.8, 4) is 0 Å². The van der Waals surface area contributed by atoms with Crippen molar-refractivity contribution in [3.63, 3.8) is 0 Å². The number of hydrogen-bond donors (Lipinski definition) is 1. The van der Waals surface area contributed by atoms with Gasteiger partial charge in [0.25, 0.3) is 0 Å². The molecule has 0 aromatic carbocycles. The molecule has 2 rings (SSSR count). The number of carbonyl (C=O) groups is 1. The van der Waals surface area contributed by atoms with Gasteiger partial charge in [0.2, 0.25) is 5.91 Å². The highest BCUT2D eigenvalue weighted by Crippen LogP contribution is 2.39. The fourth-order valence-electron chi connectivity index (χ4n) is 2.89. The average Bonchev–Trinajstić information content (AvgIpc) is 2.86. The van der Waals surface area contributed by atoms with Gasteiger partial charge in [-0.25, -0.2) is 0 Å². The molecule has 0 aromatic rings. The molecule has 2 heterocycles. The Morgan fingerprint density at radius 3 is 2.76 bits per heavy atom. The standard InChI is InChI=1S/C13H24N2OS/c1-4-10-12(16)15(11(5-2)14-10)9-13(3)7-6-8-17-13/h10-11,14H,4-9H2,1-3H3. The van der Waals surface area contributed by atoms with Crippen molar-refractivity contribution in [2.45, 2.75) is 63.4 Å². The van der Waals surface area contributed by atoms with Crippen LogP contribution in [-0.2, 0) is 4.79 Å². The van der Waals surface area contributed by atoms with Crippen LogP contribution in [0.5, 0.6) is 0 Å². The lowest BCUT2D eigenvalue weighted by atomic mass is 10.0. The Labute approximate surface area is 109 Å². The molecule has 3 unspecified atom stereocenters. The van der Waals surface area contributed by atoms with E-state index in [2.05, 4.69) is 31.0 Å². The molecule has 2 aliphatic heterocycles. The first-order valence-electron chi connectivity index (χ1n) is 6.80. The van der Waals surface area contributed by atoms with Gasteiger partial charge in [0.1, 0.15) is 0 Å². The number of carbonyl (C=O) groups excluding carboxylic acids is 1. The van der Waals surface area contributed by atoms with E-state index in [4.69, 9.17) is 0 Å². The zero-order chi connectivity index (χ0) is 12.5. The van der Waals surface area contributed by atoms with Crippen LogP contribution in [0.15, 0.2) is 0 Å². The first-order valence-corrected chi connectivity index (χ1v) is 7.78. The van der Waals surface area contributed by atoms with Crippen LogP contribution >= 0.6 is 11.8 Å². The van der Waals surface area contributed by atoms with Crippen LogP contribution in [0.25, 0.3) is 0 Å². The van der Waals surface area contributed by atoms with Gasteiger partial charge in [-0.3, -0.25) is 10.1 Å². The highest BCUT2D eigenvalue weighted by atomic mass is 32.2. The summed E-state index contributed by atoms with van der Waals surface area (Å²) in [4.78, 5) is 14.4. The van der Waals surface area contributed by atoms with Crippen molar-refractivity contribution in [3.05, 3.63) is 0 Å². The third-order valence-corrected chi connectivity index (χ3v) is 5.47. The first-order chi connectivity index (χ1) is 8.09. The summed E-state index contributed by atoms with van der Waals surface area (Å²) >= 11 is 2.03. The van der Waals surface area contributed by atoms with Crippen LogP contribution in [0.3, 0.4) is 0 Å². The number of nitrogens with one attached hydrogen (secondary N) is 1. The quantitative estimate of drug-likeness (QED) is 0.837. The summed E-state index contributed by atoms with van der Waals surface area (Å²) in [5.41, 5.74) is 0. The fraction of sp³-hybridized carbons (Fsp3) is 0.923. The minimum absolute atomic E-state index is 0.0509. The van der Waals surface area contributed by atoms with Gasteiger partial charge in [-0.2, -0.15) is 11.8 Å². The Morgan fingerprint density at radius 2 is 2.24 bits per heavy atom. The van der Waals surface area contributed by atoms with Gasteiger partial charge in [0, 0.05) is 11.3 Å². The van der Waals surface area contributed by atoms with Gasteiger partial charge in [0.05, 0.1) is 12.2 Å². The van der Waals surface area contributed by atoms with E-state index >= 15 is 0 Å². The lowest BCUT2D eigenvalue weighted by Gasteiger charge is -2.32. The van der Waals surface area contributed by atoms with E-state index in [0.717, 1.165) is 19.4 Å². The first kappa shape index (κ1) is 13.2. The molecule has 2 fully saturated rings. The van der Waals surface area contributed by atoms with Crippen molar-refractivity contribution in [1.82, 2.24) is 10.2 Å². The summed E-state index contributed by atoms with van der Waals surface area (Å²) in [5, 5.41) is 3.45. The van der Waals surface area contributed by atoms with E-state index < -0.39 is 0 Å². The molecule has 3 atom stereocenters. The van der Waals surface area contributed by atoms with E-state index in [1.54, 1.807) is 0 Å². The van der Waals surface area contributed by atoms with Crippen LogP contribution in [-0.4, -0.2) is 40.1 Å². The molecule has 1 amide bonds. The maximum atomic E-state index is 12.3. The normalized spacial score (nSPS) is 38.1. The molecule has 0 aromatic heterocycles. The third kappa shape index (κ3) is 2.63. The highest BCUT2D eigenvalue weighted by molar-refractivity contribution is 8.00. The second-order valence-electron chi connectivity index (χ2n) is 5.42. The van der Waals surface area contributed by atoms with Crippen LogP contribution in [0.4, 0.5) is 0 Å². The summed E-state index contributed by atoms with van der Waals surface area (Å²) < 4.78 is 0.285.